The Balaban J connectivity index is 1.40. The second-order valence-corrected chi connectivity index (χ2v) is 8.38. The molecule has 0 aliphatic carbocycles. The molecular formula is C29H27NO5. The highest BCUT2D eigenvalue weighted by molar-refractivity contribution is 6.00. The molecule has 0 radical (unpaired) electrons. The molecule has 3 aromatic carbocycles. The Labute approximate surface area is 204 Å². The first kappa shape index (κ1) is 24.0. The number of aryl methyl sites for hydroxylation is 1. The van der Waals surface area contributed by atoms with E-state index in [2.05, 4.69) is 4.98 Å². The maximum atomic E-state index is 12.4. The monoisotopic (exact) mass is 469 g/mol. The van der Waals surface area contributed by atoms with Crippen LogP contribution in [0.5, 0.6) is 23.0 Å². The van der Waals surface area contributed by atoms with Crippen LogP contribution in [0.15, 0.2) is 72.9 Å². The molecule has 0 atom stereocenters. The van der Waals surface area contributed by atoms with Crippen molar-refractivity contribution in [1.29, 1.82) is 0 Å². The number of methoxy groups -OCH3 is 2. The first-order valence-corrected chi connectivity index (χ1v) is 11.3. The number of benzene rings is 3. The number of carbonyl (C=O) groups is 2. The topological polar surface area (TPSA) is 74.7 Å². The van der Waals surface area contributed by atoms with Crippen molar-refractivity contribution in [1.82, 2.24) is 4.98 Å². The molecule has 0 fully saturated rings. The highest BCUT2D eigenvalue weighted by Gasteiger charge is 2.13. The standard InChI is InChI=1S/C29H27NO5/c1-19-5-4-6-21(13-19)15-23(32)16-22(31)14-20-7-9-24(10-8-20)35-27-11-12-30-26-18-29(34-3)28(33-2)17-25(26)27/h4-13,17-18H,14-16H2,1-3H3. The summed E-state index contributed by atoms with van der Waals surface area (Å²) in [6, 6.07) is 20.5. The summed E-state index contributed by atoms with van der Waals surface area (Å²) < 4.78 is 16.8. The summed E-state index contributed by atoms with van der Waals surface area (Å²) in [4.78, 5) is 29.1. The third-order valence-corrected chi connectivity index (χ3v) is 5.64. The van der Waals surface area contributed by atoms with Crippen molar-refractivity contribution in [3.63, 3.8) is 0 Å². The second kappa shape index (κ2) is 10.8. The first-order chi connectivity index (χ1) is 16.9. The molecule has 1 heterocycles. The quantitative estimate of drug-likeness (QED) is 0.279. The number of Topliss-reactive ketones (excluding diaryl/α,β-unsaturated/α-hetero) is 2. The molecule has 0 saturated carbocycles. The van der Waals surface area contributed by atoms with Crippen LogP contribution in [-0.4, -0.2) is 30.8 Å². The Morgan fingerprint density at radius 2 is 1.46 bits per heavy atom. The number of fused-ring (bicyclic) bond motifs is 1. The summed E-state index contributed by atoms with van der Waals surface area (Å²) in [5.74, 6) is 2.26. The fourth-order valence-electron chi connectivity index (χ4n) is 3.96. The van der Waals surface area contributed by atoms with Gasteiger partial charge >= 0.3 is 0 Å². The van der Waals surface area contributed by atoms with Crippen molar-refractivity contribution in [2.24, 2.45) is 0 Å². The van der Waals surface area contributed by atoms with Crippen LogP contribution in [0.2, 0.25) is 0 Å². The van der Waals surface area contributed by atoms with E-state index in [1.165, 1.54) is 0 Å². The molecule has 1 aromatic heterocycles. The molecule has 178 valence electrons. The van der Waals surface area contributed by atoms with Gasteiger partial charge in [-0.25, -0.2) is 0 Å². The zero-order chi connectivity index (χ0) is 24.8. The largest absolute Gasteiger partial charge is 0.493 e. The maximum Gasteiger partial charge on any atom is 0.162 e. The van der Waals surface area contributed by atoms with Gasteiger partial charge in [-0.05, 0) is 42.3 Å². The van der Waals surface area contributed by atoms with Crippen LogP contribution in [0.1, 0.15) is 23.1 Å². The van der Waals surface area contributed by atoms with E-state index in [9.17, 15) is 9.59 Å². The van der Waals surface area contributed by atoms with Crippen LogP contribution in [-0.2, 0) is 22.4 Å². The van der Waals surface area contributed by atoms with Crippen molar-refractivity contribution in [2.45, 2.75) is 26.2 Å². The summed E-state index contributed by atoms with van der Waals surface area (Å²) in [5, 5.41) is 0.788. The Bertz CT molecular complexity index is 1360. The SMILES string of the molecule is COc1cc2nccc(Oc3ccc(CC(=O)CC(=O)Cc4cccc(C)c4)cc3)c2cc1OC. The predicted molar refractivity (Wildman–Crippen MR) is 135 cm³/mol. The fraction of sp³-hybridized carbons (Fsp3) is 0.207. The van der Waals surface area contributed by atoms with E-state index in [0.717, 1.165) is 27.6 Å². The summed E-state index contributed by atoms with van der Waals surface area (Å²) >= 11 is 0. The summed E-state index contributed by atoms with van der Waals surface area (Å²) in [5.41, 5.74) is 3.58. The molecule has 0 bridgehead atoms. The van der Waals surface area contributed by atoms with Crippen molar-refractivity contribution in [3.8, 4) is 23.0 Å². The third-order valence-electron chi connectivity index (χ3n) is 5.64. The third kappa shape index (κ3) is 6.03. The lowest BCUT2D eigenvalue weighted by Gasteiger charge is -2.12. The zero-order valence-corrected chi connectivity index (χ0v) is 20.0. The molecule has 0 aliphatic heterocycles. The van der Waals surface area contributed by atoms with Gasteiger partial charge in [0.25, 0.3) is 0 Å². The Kier molecular flexibility index (Phi) is 7.41. The van der Waals surface area contributed by atoms with Gasteiger partial charge in [0, 0.05) is 30.5 Å². The van der Waals surface area contributed by atoms with Crippen molar-refractivity contribution >= 4 is 22.5 Å². The number of hydrogen-bond donors (Lipinski definition) is 0. The Morgan fingerprint density at radius 1 is 0.771 bits per heavy atom. The average Bonchev–Trinajstić information content (AvgIpc) is 2.84. The zero-order valence-electron chi connectivity index (χ0n) is 20.0. The molecule has 35 heavy (non-hydrogen) atoms. The van der Waals surface area contributed by atoms with Gasteiger partial charge in [0.2, 0.25) is 0 Å². The number of carbonyl (C=O) groups excluding carboxylic acids is 2. The molecular weight excluding hydrogens is 442 g/mol. The van der Waals surface area contributed by atoms with E-state index in [4.69, 9.17) is 14.2 Å². The summed E-state index contributed by atoms with van der Waals surface area (Å²) in [6.07, 6.45) is 2.08. The summed E-state index contributed by atoms with van der Waals surface area (Å²) in [7, 11) is 3.16. The number of nitrogens with zero attached hydrogens (tertiary/aromatic N) is 1. The van der Waals surface area contributed by atoms with Gasteiger partial charge < -0.3 is 14.2 Å². The minimum atomic E-state index is -0.0995. The van der Waals surface area contributed by atoms with E-state index in [0.29, 0.717) is 23.0 Å². The fourth-order valence-corrected chi connectivity index (χ4v) is 3.96. The van der Waals surface area contributed by atoms with Crippen molar-refractivity contribution in [3.05, 3.63) is 89.6 Å². The lowest BCUT2D eigenvalue weighted by Crippen LogP contribution is -2.12. The lowest BCUT2D eigenvalue weighted by atomic mass is 10.0. The van der Waals surface area contributed by atoms with Gasteiger partial charge in [-0.2, -0.15) is 0 Å². The predicted octanol–water partition coefficient (Wildman–Crippen LogP) is 5.67. The van der Waals surface area contributed by atoms with Crippen LogP contribution in [0.3, 0.4) is 0 Å². The van der Waals surface area contributed by atoms with E-state index in [1.807, 2.05) is 61.5 Å². The van der Waals surface area contributed by atoms with Crippen LogP contribution in [0.25, 0.3) is 10.9 Å². The van der Waals surface area contributed by atoms with E-state index < -0.39 is 0 Å². The number of ether oxygens (including phenoxy) is 3. The number of rotatable bonds is 10. The van der Waals surface area contributed by atoms with E-state index >= 15 is 0 Å². The molecule has 0 saturated heterocycles. The van der Waals surface area contributed by atoms with Crippen LogP contribution < -0.4 is 14.2 Å². The van der Waals surface area contributed by atoms with Gasteiger partial charge in [-0.15, -0.1) is 0 Å². The minimum absolute atomic E-state index is 0.0690. The maximum absolute atomic E-state index is 12.4. The molecule has 0 N–H and O–H groups in total. The molecule has 6 heteroatoms. The molecule has 0 aliphatic rings. The van der Waals surface area contributed by atoms with Gasteiger partial charge in [0.15, 0.2) is 11.5 Å². The van der Waals surface area contributed by atoms with E-state index in [1.54, 1.807) is 32.5 Å². The Morgan fingerprint density at radius 3 is 2.14 bits per heavy atom. The molecule has 6 nitrogen and oxygen atoms in total. The molecule has 0 unspecified atom stereocenters. The smallest absolute Gasteiger partial charge is 0.162 e. The molecule has 4 rings (SSSR count). The second-order valence-electron chi connectivity index (χ2n) is 8.38. The van der Waals surface area contributed by atoms with Crippen LogP contribution in [0, 0.1) is 6.92 Å². The van der Waals surface area contributed by atoms with Gasteiger partial charge in [0.05, 0.1) is 26.2 Å². The normalized spacial score (nSPS) is 10.7. The molecule has 4 aromatic rings. The number of aromatic nitrogens is 1. The average molecular weight is 470 g/mol. The van der Waals surface area contributed by atoms with Gasteiger partial charge in [0.1, 0.15) is 23.1 Å². The van der Waals surface area contributed by atoms with Crippen molar-refractivity contribution < 1.29 is 23.8 Å². The Hall–Kier alpha value is -4.19. The number of pyridine rings is 1. The minimum Gasteiger partial charge on any atom is -0.493 e. The van der Waals surface area contributed by atoms with Crippen LogP contribution in [0.4, 0.5) is 0 Å². The van der Waals surface area contributed by atoms with Crippen LogP contribution >= 0.6 is 0 Å². The van der Waals surface area contributed by atoms with Gasteiger partial charge in [-0.1, -0.05) is 42.0 Å². The van der Waals surface area contributed by atoms with E-state index in [-0.39, 0.29) is 30.8 Å². The number of ketones is 2. The molecule has 0 amide bonds. The van der Waals surface area contributed by atoms with Crippen molar-refractivity contribution in [2.75, 3.05) is 14.2 Å². The van der Waals surface area contributed by atoms with Gasteiger partial charge in [-0.3, -0.25) is 14.6 Å². The highest BCUT2D eigenvalue weighted by Crippen LogP contribution is 2.36. The summed E-state index contributed by atoms with van der Waals surface area (Å²) in [6.45, 7) is 1.98. The first-order valence-electron chi connectivity index (χ1n) is 11.3. The molecule has 0 spiro atoms. The lowest BCUT2D eigenvalue weighted by molar-refractivity contribution is -0.126. The highest BCUT2D eigenvalue weighted by atomic mass is 16.5. The number of hydrogen-bond acceptors (Lipinski definition) is 6.